The molecule has 18 heavy (non-hydrogen) atoms. The van der Waals surface area contributed by atoms with E-state index in [0.29, 0.717) is 0 Å². The molecule has 0 heterocycles. The first kappa shape index (κ1) is 17.1. The van der Waals surface area contributed by atoms with Crippen LogP contribution in [0.2, 0.25) is 0 Å². The summed E-state index contributed by atoms with van der Waals surface area (Å²) in [5.74, 6) is 0. The van der Waals surface area contributed by atoms with Crippen LogP contribution in [0.4, 0.5) is 4.79 Å². The molecule has 7 nitrogen and oxygen atoms in total. The lowest BCUT2D eigenvalue weighted by atomic mass is 10.2. The Morgan fingerprint density at radius 1 is 1.33 bits per heavy atom. The van der Waals surface area contributed by atoms with Gasteiger partial charge in [0.25, 0.3) is 0 Å². The van der Waals surface area contributed by atoms with E-state index in [-0.39, 0.29) is 26.2 Å². The SMILES string of the molecule is CC(C)(C)OC(=O)NCCN(CCO)S(C)(=O)=O. The molecule has 0 atom stereocenters. The monoisotopic (exact) mass is 282 g/mol. The highest BCUT2D eigenvalue weighted by molar-refractivity contribution is 7.88. The Balaban J connectivity index is 4.12. The van der Waals surface area contributed by atoms with Crippen molar-refractivity contribution in [2.75, 3.05) is 32.5 Å². The highest BCUT2D eigenvalue weighted by Crippen LogP contribution is 2.06. The first-order chi connectivity index (χ1) is 8.06. The van der Waals surface area contributed by atoms with Gasteiger partial charge in [-0.3, -0.25) is 0 Å². The Bertz CT molecular complexity index is 361. The Morgan fingerprint density at radius 3 is 2.28 bits per heavy atom. The zero-order chi connectivity index (χ0) is 14.4. The summed E-state index contributed by atoms with van der Waals surface area (Å²) in [7, 11) is -3.38. The summed E-state index contributed by atoms with van der Waals surface area (Å²) in [5, 5.41) is 11.2. The third-order valence-electron chi connectivity index (χ3n) is 1.85. The molecule has 0 aromatic heterocycles. The smallest absolute Gasteiger partial charge is 0.407 e. The van der Waals surface area contributed by atoms with Crippen molar-refractivity contribution in [3.05, 3.63) is 0 Å². The molecule has 0 rings (SSSR count). The standard InChI is InChI=1S/C10H22N2O5S/c1-10(2,3)17-9(14)11-5-6-12(7-8-13)18(4,15)16/h13H,5-8H2,1-4H3,(H,11,14). The van der Waals surface area contributed by atoms with E-state index in [2.05, 4.69) is 5.32 Å². The van der Waals surface area contributed by atoms with E-state index in [1.807, 2.05) is 0 Å². The van der Waals surface area contributed by atoms with Crippen LogP contribution in [-0.2, 0) is 14.8 Å². The normalized spacial score (nSPS) is 12.6. The number of nitrogens with one attached hydrogen (secondary N) is 1. The van der Waals surface area contributed by atoms with E-state index in [1.54, 1.807) is 20.8 Å². The summed E-state index contributed by atoms with van der Waals surface area (Å²) in [6, 6.07) is 0. The summed E-state index contributed by atoms with van der Waals surface area (Å²) < 4.78 is 28.7. The molecule has 8 heteroatoms. The van der Waals surface area contributed by atoms with Crippen LogP contribution in [0.25, 0.3) is 0 Å². The molecular formula is C10H22N2O5S. The lowest BCUT2D eigenvalue weighted by molar-refractivity contribution is 0.0525. The number of hydrogen-bond acceptors (Lipinski definition) is 5. The number of nitrogens with zero attached hydrogens (tertiary/aromatic N) is 1. The zero-order valence-corrected chi connectivity index (χ0v) is 12.1. The van der Waals surface area contributed by atoms with Gasteiger partial charge in [0.15, 0.2) is 0 Å². The number of aliphatic hydroxyl groups excluding tert-OH is 1. The molecular weight excluding hydrogens is 260 g/mol. The second-order valence-corrected chi connectivity index (χ2v) is 6.80. The van der Waals surface area contributed by atoms with E-state index >= 15 is 0 Å². The second-order valence-electron chi connectivity index (χ2n) is 4.81. The summed E-state index contributed by atoms with van der Waals surface area (Å²) in [6.45, 7) is 5.18. The van der Waals surface area contributed by atoms with Crippen molar-refractivity contribution >= 4 is 16.1 Å². The van der Waals surface area contributed by atoms with Crippen molar-refractivity contribution in [2.24, 2.45) is 0 Å². The van der Waals surface area contributed by atoms with Crippen LogP contribution >= 0.6 is 0 Å². The Morgan fingerprint density at radius 2 is 1.89 bits per heavy atom. The maximum absolute atomic E-state index is 11.3. The summed E-state index contributed by atoms with van der Waals surface area (Å²) in [5.41, 5.74) is -0.592. The minimum Gasteiger partial charge on any atom is -0.444 e. The van der Waals surface area contributed by atoms with Crippen LogP contribution in [-0.4, -0.2) is 62.0 Å². The van der Waals surface area contributed by atoms with E-state index < -0.39 is 21.7 Å². The molecule has 0 aromatic carbocycles. The molecule has 108 valence electrons. The van der Waals surface area contributed by atoms with Crippen LogP contribution < -0.4 is 5.32 Å². The Hall–Kier alpha value is -0.860. The molecule has 0 spiro atoms. The molecule has 0 aromatic rings. The molecule has 0 bridgehead atoms. The van der Waals surface area contributed by atoms with Gasteiger partial charge in [-0.15, -0.1) is 0 Å². The van der Waals surface area contributed by atoms with Gasteiger partial charge in [0.2, 0.25) is 10.0 Å². The number of amides is 1. The molecule has 0 aliphatic rings. The molecule has 2 N–H and O–H groups in total. The predicted octanol–water partition coefficient (Wildman–Crippen LogP) is -0.235. The van der Waals surface area contributed by atoms with Gasteiger partial charge in [-0.2, -0.15) is 4.31 Å². The van der Waals surface area contributed by atoms with Gasteiger partial charge in [-0.05, 0) is 20.8 Å². The van der Waals surface area contributed by atoms with Crippen molar-refractivity contribution in [3.63, 3.8) is 0 Å². The van der Waals surface area contributed by atoms with Crippen LogP contribution in [0.1, 0.15) is 20.8 Å². The maximum atomic E-state index is 11.3. The van der Waals surface area contributed by atoms with Gasteiger partial charge < -0.3 is 15.2 Å². The Kier molecular flexibility index (Phi) is 6.58. The molecule has 0 saturated carbocycles. The van der Waals surface area contributed by atoms with Crippen LogP contribution in [0.5, 0.6) is 0 Å². The van der Waals surface area contributed by atoms with Gasteiger partial charge in [0, 0.05) is 19.6 Å². The minimum atomic E-state index is -3.38. The topological polar surface area (TPSA) is 95.9 Å². The van der Waals surface area contributed by atoms with Crippen LogP contribution in [0.15, 0.2) is 0 Å². The van der Waals surface area contributed by atoms with Gasteiger partial charge >= 0.3 is 6.09 Å². The molecule has 0 unspecified atom stereocenters. The van der Waals surface area contributed by atoms with E-state index in [0.717, 1.165) is 10.6 Å². The zero-order valence-electron chi connectivity index (χ0n) is 11.3. The predicted molar refractivity (Wildman–Crippen MR) is 67.7 cm³/mol. The first-order valence-electron chi connectivity index (χ1n) is 5.59. The van der Waals surface area contributed by atoms with Gasteiger partial charge in [-0.25, -0.2) is 13.2 Å². The maximum Gasteiger partial charge on any atom is 0.407 e. The van der Waals surface area contributed by atoms with Gasteiger partial charge in [0.1, 0.15) is 5.60 Å². The van der Waals surface area contributed by atoms with Crippen LogP contribution in [0, 0.1) is 0 Å². The summed E-state index contributed by atoms with van der Waals surface area (Å²) in [6.07, 6.45) is 0.454. The fraction of sp³-hybridized carbons (Fsp3) is 0.900. The molecule has 0 aliphatic heterocycles. The quantitative estimate of drug-likeness (QED) is 0.701. The minimum absolute atomic E-state index is 0.00876. The highest BCUT2D eigenvalue weighted by Gasteiger charge is 2.18. The third kappa shape index (κ3) is 8.26. The molecule has 0 aliphatic carbocycles. The van der Waals surface area contributed by atoms with Gasteiger partial charge in [-0.1, -0.05) is 0 Å². The average molecular weight is 282 g/mol. The number of rotatable bonds is 6. The molecule has 1 amide bonds. The number of ether oxygens (including phenoxy) is 1. The number of aliphatic hydroxyl groups is 1. The number of alkyl carbamates (subject to hydrolysis) is 1. The number of hydrogen-bond donors (Lipinski definition) is 2. The van der Waals surface area contributed by atoms with Crippen molar-refractivity contribution in [1.29, 1.82) is 0 Å². The fourth-order valence-electron chi connectivity index (χ4n) is 1.15. The summed E-state index contributed by atoms with van der Waals surface area (Å²) in [4.78, 5) is 11.3. The van der Waals surface area contributed by atoms with E-state index in [1.165, 1.54) is 0 Å². The van der Waals surface area contributed by atoms with Crippen molar-refractivity contribution < 1.29 is 23.1 Å². The summed E-state index contributed by atoms with van der Waals surface area (Å²) >= 11 is 0. The van der Waals surface area contributed by atoms with E-state index in [4.69, 9.17) is 9.84 Å². The van der Waals surface area contributed by atoms with Crippen LogP contribution in [0.3, 0.4) is 0 Å². The van der Waals surface area contributed by atoms with Crippen molar-refractivity contribution in [3.8, 4) is 0 Å². The van der Waals surface area contributed by atoms with Crippen molar-refractivity contribution in [1.82, 2.24) is 9.62 Å². The lowest BCUT2D eigenvalue weighted by Crippen LogP contribution is -2.41. The van der Waals surface area contributed by atoms with E-state index in [9.17, 15) is 13.2 Å². The molecule has 0 fully saturated rings. The second kappa shape index (κ2) is 6.91. The number of sulfonamides is 1. The lowest BCUT2D eigenvalue weighted by Gasteiger charge is -2.21. The number of carbonyl (C=O) groups excluding carboxylic acids is 1. The fourth-order valence-corrected chi connectivity index (χ4v) is 1.99. The largest absolute Gasteiger partial charge is 0.444 e. The van der Waals surface area contributed by atoms with Gasteiger partial charge in [0.05, 0.1) is 12.9 Å². The number of carbonyl (C=O) groups is 1. The van der Waals surface area contributed by atoms with Crippen molar-refractivity contribution in [2.45, 2.75) is 26.4 Å². The first-order valence-corrected chi connectivity index (χ1v) is 7.44. The molecule has 0 saturated heterocycles. The Labute approximate surface area is 108 Å². The average Bonchev–Trinajstić information content (AvgIpc) is 2.11. The molecule has 0 radical (unpaired) electrons. The third-order valence-corrected chi connectivity index (χ3v) is 3.15. The highest BCUT2D eigenvalue weighted by atomic mass is 32.2.